The van der Waals surface area contributed by atoms with E-state index in [9.17, 15) is 4.79 Å². The van der Waals surface area contributed by atoms with Crippen molar-refractivity contribution in [2.24, 2.45) is 0 Å². The molecule has 1 fully saturated rings. The number of urea groups is 1. The number of aromatic nitrogens is 1. The normalized spacial score (nSPS) is 13.3. The van der Waals surface area contributed by atoms with Gasteiger partial charge in [0, 0.05) is 29.8 Å². The number of carbonyl (C=O) groups is 1. The molecule has 1 saturated carbocycles. The van der Waals surface area contributed by atoms with E-state index < -0.39 is 0 Å². The fourth-order valence-corrected chi connectivity index (χ4v) is 2.89. The zero-order chi connectivity index (χ0) is 18.8. The summed E-state index contributed by atoms with van der Waals surface area (Å²) in [6.07, 6.45) is 3.73. The number of hydrogen-bond donors (Lipinski definition) is 2. The van der Waals surface area contributed by atoms with Gasteiger partial charge in [0.05, 0.1) is 23.3 Å². The van der Waals surface area contributed by atoms with Gasteiger partial charge in [-0.2, -0.15) is 0 Å². The third kappa shape index (κ3) is 4.06. The first-order valence-electron chi connectivity index (χ1n) is 8.60. The molecule has 1 aliphatic rings. The Kier molecular flexibility index (Phi) is 4.73. The van der Waals surface area contributed by atoms with Crippen LogP contribution in [0, 0.1) is 0 Å². The number of rotatable bonds is 5. The first-order valence-corrected chi connectivity index (χ1v) is 8.98. The van der Waals surface area contributed by atoms with Crippen molar-refractivity contribution in [2.45, 2.75) is 18.9 Å². The second-order valence-corrected chi connectivity index (χ2v) is 6.72. The molecule has 1 aliphatic carbocycles. The zero-order valence-electron chi connectivity index (χ0n) is 14.7. The van der Waals surface area contributed by atoms with Crippen LogP contribution in [-0.4, -0.2) is 24.2 Å². The Morgan fingerprint density at radius 2 is 1.96 bits per heavy atom. The van der Waals surface area contributed by atoms with Crippen LogP contribution in [0.25, 0.3) is 10.9 Å². The Morgan fingerprint density at radius 3 is 2.70 bits per heavy atom. The van der Waals surface area contributed by atoms with Gasteiger partial charge >= 0.3 is 6.03 Å². The van der Waals surface area contributed by atoms with Crippen LogP contribution in [0.15, 0.2) is 48.7 Å². The zero-order valence-corrected chi connectivity index (χ0v) is 15.4. The maximum atomic E-state index is 11.9. The molecule has 0 saturated heterocycles. The molecule has 0 unspecified atom stereocenters. The number of methoxy groups -OCH3 is 1. The highest BCUT2D eigenvalue weighted by molar-refractivity contribution is 6.33. The Bertz CT molecular complexity index is 1000. The van der Waals surface area contributed by atoms with E-state index in [1.54, 1.807) is 37.6 Å². The van der Waals surface area contributed by atoms with E-state index in [1.165, 1.54) is 0 Å². The lowest BCUT2D eigenvalue weighted by molar-refractivity contribution is 0.251. The molecule has 7 heteroatoms. The van der Waals surface area contributed by atoms with Crippen LogP contribution in [0.5, 0.6) is 17.2 Å². The lowest BCUT2D eigenvalue weighted by atomic mass is 10.2. The van der Waals surface area contributed by atoms with Gasteiger partial charge < -0.3 is 20.1 Å². The summed E-state index contributed by atoms with van der Waals surface area (Å²) >= 11 is 6.30. The quantitative estimate of drug-likeness (QED) is 0.652. The summed E-state index contributed by atoms with van der Waals surface area (Å²) in [5, 5.41) is 6.87. The Labute approximate surface area is 161 Å². The molecule has 4 rings (SSSR count). The van der Waals surface area contributed by atoms with Gasteiger partial charge in [-0.1, -0.05) is 11.6 Å². The minimum Gasteiger partial charge on any atom is -0.497 e. The van der Waals surface area contributed by atoms with Gasteiger partial charge in [-0.3, -0.25) is 4.98 Å². The first kappa shape index (κ1) is 17.4. The summed E-state index contributed by atoms with van der Waals surface area (Å²) in [5.74, 6) is 1.96. The number of anilines is 1. The van der Waals surface area contributed by atoms with E-state index in [1.807, 2.05) is 18.2 Å². The summed E-state index contributed by atoms with van der Waals surface area (Å²) < 4.78 is 11.2. The predicted octanol–water partition coefficient (Wildman–Crippen LogP) is 4.97. The molecule has 2 aromatic carbocycles. The lowest BCUT2D eigenvalue weighted by Crippen LogP contribution is -2.30. The van der Waals surface area contributed by atoms with Crippen molar-refractivity contribution in [3.8, 4) is 17.2 Å². The van der Waals surface area contributed by atoms with Crippen LogP contribution in [0.4, 0.5) is 10.5 Å². The van der Waals surface area contributed by atoms with Crippen molar-refractivity contribution in [3.63, 3.8) is 0 Å². The average molecular weight is 384 g/mol. The second kappa shape index (κ2) is 7.32. The Hall–Kier alpha value is -2.99. The largest absolute Gasteiger partial charge is 0.497 e. The van der Waals surface area contributed by atoms with E-state index in [-0.39, 0.29) is 12.1 Å². The number of ether oxygens (including phenoxy) is 2. The summed E-state index contributed by atoms with van der Waals surface area (Å²) in [7, 11) is 1.62. The molecule has 2 amide bonds. The van der Waals surface area contributed by atoms with E-state index in [0.29, 0.717) is 22.2 Å². The average Bonchev–Trinajstić information content (AvgIpc) is 3.47. The number of benzene rings is 2. The van der Waals surface area contributed by atoms with Crippen LogP contribution in [0.3, 0.4) is 0 Å². The van der Waals surface area contributed by atoms with E-state index >= 15 is 0 Å². The number of amides is 2. The molecule has 3 aromatic rings. The number of pyridine rings is 1. The van der Waals surface area contributed by atoms with Crippen LogP contribution in [-0.2, 0) is 0 Å². The summed E-state index contributed by atoms with van der Waals surface area (Å²) in [4.78, 5) is 16.2. The molecular formula is C20H18ClN3O3. The van der Waals surface area contributed by atoms with E-state index in [0.717, 1.165) is 29.5 Å². The highest BCUT2D eigenvalue weighted by Gasteiger charge is 2.23. The number of nitrogens with one attached hydrogen (secondary N) is 2. The second-order valence-electron chi connectivity index (χ2n) is 6.31. The Balaban J connectivity index is 1.53. The molecule has 6 nitrogen and oxygen atoms in total. The molecule has 1 aromatic heterocycles. The lowest BCUT2D eigenvalue weighted by Gasteiger charge is -2.12. The van der Waals surface area contributed by atoms with Gasteiger partial charge in [0.25, 0.3) is 0 Å². The number of fused-ring (bicyclic) bond motifs is 1. The monoisotopic (exact) mass is 383 g/mol. The van der Waals surface area contributed by atoms with Crippen molar-refractivity contribution >= 4 is 34.2 Å². The third-order valence-electron chi connectivity index (χ3n) is 4.24. The topological polar surface area (TPSA) is 72.5 Å². The molecule has 0 bridgehead atoms. The van der Waals surface area contributed by atoms with Crippen LogP contribution in [0.1, 0.15) is 12.8 Å². The highest BCUT2D eigenvalue weighted by Crippen LogP contribution is 2.33. The first-order chi connectivity index (χ1) is 13.1. The number of nitrogens with zero attached hydrogens (tertiary/aromatic N) is 1. The predicted molar refractivity (Wildman–Crippen MR) is 105 cm³/mol. The van der Waals surface area contributed by atoms with Gasteiger partial charge in [-0.05, 0) is 43.2 Å². The molecule has 27 heavy (non-hydrogen) atoms. The maximum Gasteiger partial charge on any atom is 0.319 e. The van der Waals surface area contributed by atoms with Crippen molar-refractivity contribution in [3.05, 3.63) is 53.7 Å². The molecule has 0 atom stereocenters. The van der Waals surface area contributed by atoms with E-state index in [4.69, 9.17) is 21.1 Å². The minimum absolute atomic E-state index is 0.248. The number of carbonyl (C=O) groups excluding carboxylic acids is 1. The summed E-state index contributed by atoms with van der Waals surface area (Å²) in [6.45, 7) is 0. The van der Waals surface area contributed by atoms with Crippen molar-refractivity contribution in [2.75, 3.05) is 12.4 Å². The van der Waals surface area contributed by atoms with E-state index in [2.05, 4.69) is 15.6 Å². The minimum atomic E-state index is -0.248. The Morgan fingerprint density at radius 1 is 1.15 bits per heavy atom. The van der Waals surface area contributed by atoms with Crippen molar-refractivity contribution in [1.82, 2.24) is 10.3 Å². The van der Waals surface area contributed by atoms with Gasteiger partial charge in [0.2, 0.25) is 0 Å². The van der Waals surface area contributed by atoms with Crippen molar-refractivity contribution in [1.29, 1.82) is 0 Å². The molecule has 0 spiro atoms. The van der Waals surface area contributed by atoms with Crippen LogP contribution >= 0.6 is 11.6 Å². The molecule has 138 valence electrons. The van der Waals surface area contributed by atoms with Crippen molar-refractivity contribution < 1.29 is 14.3 Å². The van der Waals surface area contributed by atoms with Gasteiger partial charge in [-0.25, -0.2) is 4.79 Å². The maximum absolute atomic E-state index is 11.9. The highest BCUT2D eigenvalue weighted by atomic mass is 35.5. The van der Waals surface area contributed by atoms with Gasteiger partial charge in [0.15, 0.2) is 0 Å². The molecule has 1 heterocycles. The van der Waals surface area contributed by atoms with Crippen LogP contribution < -0.4 is 20.1 Å². The molecule has 0 radical (unpaired) electrons. The smallest absolute Gasteiger partial charge is 0.319 e. The third-order valence-corrected chi connectivity index (χ3v) is 4.55. The molecule has 2 N–H and O–H groups in total. The standard InChI is InChI=1S/C20H18ClN3O3/c1-26-13-4-6-15-18(11-13)22-9-8-19(15)27-14-5-7-17(16(21)10-14)24-20(25)23-12-2-3-12/h4-12H,2-3H2,1H3,(H2,23,24,25). The van der Waals surface area contributed by atoms with Gasteiger partial charge in [0.1, 0.15) is 17.2 Å². The number of halogens is 1. The molecule has 0 aliphatic heterocycles. The fraction of sp³-hybridized carbons (Fsp3) is 0.200. The van der Waals surface area contributed by atoms with Crippen LogP contribution in [0.2, 0.25) is 5.02 Å². The summed E-state index contributed by atoms with van der Waals surface area (Å²) in [5.41, 5.74) is 1.31. The fourth-order valence-electron chi connectivity index (χ4n) is 2.68. The summed E-state index contributed by atoms with van der Waals surface area (Å²) in [6, 6.07) is 12.6. The van der Waals surface area contributed by atoms with Gasteiger partial charge in [-0.15, -0.1) is 0 Å². The SMILES string of the molecule is COc1ccc2c(Oc3ccc(NC(=O)NC4CC4)c(Cl)c3)ccnc2c1. The molecular weight excluding hydrogens is 366 g/mol. The number of hydrogen-bond acceptors (Lipinski definition) is 4.